The fourth-order valence-electron chi connectivity index (χ4n) is 3.81. The van der Waals surface area contributed by atoms with Gasteiger partial charge in [0.1, 0.15) is 10.3 Å². The standard InChI is InChI=1S/C27H21Cl2N5O2S2/c1-14-7-10-18-20(11-14)37-27(33-18)34-25(36)23-22(30)21(24(35)32-19-12-16(28)8-9-17(19)29)26(38-23)31-13-15-5-3-2-4-6-15/h2-12,23H,13,30H2,1H3,(H,32,35)(H,33,34,36)/t23-/m1/s1. The van der Waals surface area contributed by atoms with Crippen LogP contribution in [0.4, 0.5) is 10.8 Å². The number of nitrogens with zero attached hydrogens (tertiary/aromatic N) is 2. The van der Waals surface area contributed by atoms with Gasteiger partial charge in [-0.3, -0.25) is 14.6 Å². The van der Waals surface area contributed by atoms with E-state index < -0.39 is 11.2 Å². The van der Waals surface area contributed by atoms with Gasteiger partial charge in [-0.05, 0) is 48.4 Å². The number of aromatic nitrogens is 1. The van der Waals surface area contributed by atoms with Crippen molar-refractivity contribution in [3.63, 3.8) is 0 Å². The second-order valence-electron chi connectivity index (χ2n) is 8.49. The Morgan fingerprint density at radius 2 is 1.84 bits per heavy atom. The van der Waals surface area contributed by atoms with E-state index in [0.717, 1.165) is 33.1 Å². The highest BCUT2D eigenvalue weighted by Crippen LogP contribution is 2.36. The van der Waals surface area contributed by atoms with Crippen molar-refractivity contribution in [2.45, 2.75) is 18.7 Å². The van der Waals surface area contributed by atoms with Crippen LogP contribution >= 0.6 is 46.3 Å². The summed E-state index contributed by atoms with van der Waals surface area (Å²) in [6.07, 6.45) is 0. The maximum atomic E-state index is 13.4. The summed E-state index contributed by atoms with van der Waals surface area (Å²) in [6, 6.07) is 20.2. The number of aliphatic imine (C=N–C) groups is 1. The van der Waals surface area contributed by atoms with Crippen LogP contribution in [0, 0.1) is 6.92 Å². The third-order valence-corrected chi connectivity index (χ3v) is 8.44. The number of amides is 2. The van der Waals surface area contributed by atoms with Crippen LogP contribution in [0.5, 0.6) is 0 Å². The molecule has 11 heteroatoms. The summed E-state index contributed by atoms with van der Waals surface area (Å²) >= 11 is 14.8. The molecule has 5 rings (SSSR count). The zero-order valence-electron chi connectivity index (χ0n) is 20.0. The van der Waals surface area contributed by atoms with Crippen molar-refractivity contribution >= 4 is 84.2 Å². The first-order valence-electron chi connectivity index (χ1n) is 11.5. The van der Waals surface area contributed by atoms with Crippen molar-refractivity contribution in [3.05, 3.63) is 99.2 Å². The summed E-state index contributed by atoms with van der Waals surface area (Å²) in [7, 11) is 0. The van der Waals surface area contributed by atoms with Gasteiger partial charge in [0, 0.05) is 10.7 Å². The summed E-state index contributed by atoms with van der Waals surface area (Å²) < 4.78 is 0.964. The summed E-state index contributed by atoms with van der Waals surface area (Å²) in [5.41, 5.74) is 9.84. The van der Waals surface area contributed by atoms with E-state index in [0.29, 0.717) is 32.5 Å². The highest BCUT2D eigenvalue weighted by molar-refractivity contribution is 8.16. The van der Waals surface area contributed by atoms with E-state index in [-0.39, 0.29) is 17.2 Å². The van der Waals surface area contributed by atoms with E-state index in [1.807, 2.05) is 55.5 Å². The Hall–Kier alpha value is -3.37. The first-order chi connectivity index (χ1) is 18.3. The maximum absolute atomic E-state index is 13.4. The zero-order valence-corrected chi connectivity index (χ0v) is 23.1. The van der Waals surface area contributed by atoms with Crippen molar-refractivity contribution in [2.24, 2.45) is 10.7 Å². The smallest absolute Gasteiger partial charge is 0.260 e. The lowest BCUT2D eigenvalue weighted by atomic mass is 10.1. The van der Waals surface area contributed by atoms with Gasteiger partial charge in [-0.1, -0.05) is 82.7 Å². The van der Waals surface area contributed by atoms with Gasteiger partial charge in [0.15, 0.2) is 5.13 Å². The predicted octanol–water partition coefficient (Wildman–Crippen LogP) is 6.42. The number of thiazole rings is 1. The number of hydrogen-bond donors (Lipinski definition) is 3. The highest BCUT2D eigenvalue weighted by atomic mass is 35.5. The number of rotatable bonds is 6. The summed E-state index contributed by atoms with van der Waals surface area (Å²) in [5, 5.41) is 6.28. The van der Waals surface area contributed by atoms with Crippen molar-refractivity contribution in [2.75, 3.05) is 10.6 Å². The number of nitrogens with one attached hydrogen (secondary N) is 2. The molecule has 0 saturated heterocycles. The van der Waals surface area contributed by atoms with Crippen molar-refractivity contribution in [1.29, 1.82) is 0 Å². The van der Waals surface area contributed by atoms with Crippen LogP contribution in [0.1, 0.15) is 11.1 Å². The molecule has 38 heavy (non-hydrogen) atoms. The molecule has 0 unspecified atom stereocenters. The van der Waals surface area contributed by atoms with Gasteiger partial charge in [-0.15, -0.1) is 0 Å². The molecular weight excluding hydrogens is 561 g/mol. The third-order valence-electron chi connectivity index (χ3n) is 5.68. The first kappa shape index (κ1) is 26.2. The topological polar surface area (TPSA) is 109 Å². The van der Waals surface area contributed by atoms with Crippen LogP contribution in [-0.2, 0) is 16.1 Å². The molecule has 2 amide bonds. The fraction of sp³-hybridized carbons (Fsp3) is 0.111. The molecule has 0 fully saturated rings. The second-order valence-corrected chi connectivity index (χ2v) is 11.5. The Morgan fingerprint density at radius 1 is 1.05 bits per heavy atom. The Labute approximate surface area is 237 Å². The number of aryl methyl sites for hydroxylation is 1. The van der Waals surface area contributed by atoms with Gasteiger partial charge in [-0.2, -0.15) is 0 Å². The minimum absolute atomic E-state index is 0.104. The summed E-state index contributed by atoms with van der Waals surface area (Å²) in [4.78, 5) is 35.8. The van der Waals surface area contributed by atoms with Gasteiger partial charge < -0.3 is 16.4 Å². The van der Waals surface area contributed by atoms with E-state index in [2.05, 4.69) is 20.6 Å². The monoisotopic (exact) mass is 581 g/mol. The molecule has 0 radical (unpaired) electrons. The molecule has 2 heterocycles. The average Bonchev–Trinajstić information content (AvgIpc) is 3.44. The predicted molar refractivity (Wildman–Crippen MR) is 158 cm³/mol. The molecule has 4 N–H and O–H groups in total. The summed E-state index contributed by atoms with van der Waals surface area (Å²) in [5.74, 6) is -0.920. The van der Waals surface area contributed by atoms with Crippen molar-refractivity contribution in [3.8, 4) is 0 Å². The molecule has 7 nitrogen and oxygen atoms in total. The molecule has 0 saturated carbocycles. The molecule has 0 spiro atoms. The second kappa shape index (κ2) is 11.2. The third kappa shape index (κ3) is 5.71. The van der Waals surface area contributed by atoms with E-state index in [9.17, 15) is 9.59 Å². The number of halogens is 2. The lowest BCUT2D eigenvalue weighted by Crippen LogP contribution is -2.29. The quantitative estimate of drug-likeness (QED) is 0.243. The van der Waals surface area contributed by atoms with Gasteiger partial charge >= 0.3 is 0 Å². The number of carbonyl (C=O) groups is 2. The molecule has 0 aliphatic carbocycles. The van der Waals surface area contributed by atoms with Crippen LogP contribution in [0.15, 0.2) is 83.0 Å². The molecule has 1 atom stereocenters. The van der Waals surface area contributed by atoms with Gasteiger partial charge in [0.05, 0.1) is 33.0 Å². The minimum atomic E-state index is -0.867. The van der Waals surface area contributed by atoms with E-state index in [4.69, 9.17) is 28.9 Å². The maximum Gasteiger partial charge on any atom is 0.260 e. The summed E-state index contributed by atoms with van der Waals surface area (Å²) in [6.45, 7) is 2.31. The van der Waals surface area contributed by atoms with Gasteiger partial charge in [0.25, 0.3) is 5.91 Å². The molecule has 0 bridgehead atoms. The molecule has 3 aromatic carbocycles. The number of carbonyl (C=O) groups excluding carboxylic acids is 2. The SMILES string of the molecule is Cc1ccc2nc(NC(=O)[C@@H]3SC(=NCc4ccccc4)C(C(=O)Nc4cc(Cl)ccc4Cl)=C3N)sc2c1. The van der Waals surface area contributed by atoms with Crippen LogP contribution in [0.25, 0.3) is 10.2 Å². The van der Waals surface area contributed by atoms with Crippen LogP contribution < -0.4 is 16.4 Å². The Kier molecular flexibility index (Phi) is 7.71. The highest BCUT2D eigenvalue weighted by Gasteiger charge is 2.38. The fourth-order valence-corrected chi connectivity index (χ4v) is 6.21. The average molecular weight is 583 g/mol. The normalized spacial score (nSPS) is 16.3. The number of hydrogen-bond acceptors (Lipinski definition) is 7. The molecule has 1 aromatic heterocycles. The largest absolute Gasteiger partial charge is 0.400 e. The first-order valence-corrected chi connectivity index (χ1v) is 13.9. The van der Waals surface area contributed by atoms with Gasteiger partial charge in [-0.25, -0.2) is 4.98 Å². The lowest BCUT2D eigenvalue weighted by Gasteiger charge is -2.10. The van der Waals surface area contributed by atoms with E-state index in [1.165, 1.54) is 11.3 Å². The number of nitrogens with two attached hydrogens (primary N) is 1. The molecule has 1 aliphatic heterocycles. The molecule has 192 valence electrons. The van der Waals surface area contributed by atoms with Crippen molar-refractivity contribution in [1.82, 2.24) is 4.98 Å². The van der Waals surface area contributed by atoms with Gasteiger partial charge in [0.2, 0.25) is 5.91 Å². The zero-order chi connectivity index (χ0) is 26.8. The number of anilines is 2. The Morgan fingerprint density at radius 3 is 2.63 bits per heavy atom. The Balaban J connectivity index is 1.43. The molecular formula is C27H21Cl2N5O2S2. The molecule has 4 aromatic rings. The number of benzene rings is 3. The van der Waals surface area contributed by atoms with Crippen LogP contribution in [0.2, 0.25) is 10.0 Å². The van der Waals surface area contributed by atoms with Crippen LogP contribution in [0.3, 0.4) is 0 Å². The number of fused-ring (bicyclic) bond motifs is 1. The number of thioether (sulfide) groups is 1. The van der Waals surface area contributed by atoms with E-state index in [1.54, 1.807) is 18.2 Å². The molecule has 1 aliphatic rings. The lowest BCUT2D eigenvalue weighted by molar-refractivity contribution is -0.115. The van der Waals surface area contributed by atoms with Crippen molar-refractivity contribution < 1.29 is 9.59 Å². The van der Waals surface area contributed by atoms with E-state index >= 15 is 0 Å². The Bertz CT molecular complexity index is 1620. The minimum Gasteiger partial charge on any atom is -0.400 e. The van der Waals surface area contributed by atoms with Crippen LogP contribution in [-0.4, -0.2) is 27.1 Å².